The average molecular weight is 413 g/mol. The monoisotopic (exact) mass is 413 g/mol. The molecule has 1 heterocycles. The van der Waals surface area contributed by atoms with Crippen molar-refractivity contribution in [2.75, 3.05) is 6.61 Å². The van der Waals surface area contributed by atoms with Crippen LogP contribution in [-0.2, 0) is 11.2 Å². The lowest BCUT2D eigenvalue weighted by atomic mass is 10.1. The van der Waals surface area contributed by atoms with Crippen LogP contribution in [0.2, 0.25) is 0 Å². The molecule has 31 heavy (non-hydrogen) atoms. The summed E-state index contributed by atoms with van der Waals surface area (Å²) in [6.45, 7) is 0.366. The number of hydrogen-bond acceptors (Lipinski definition) is 4. The van der Waals surface area contributed by atoms with Gasteiger partial charge in [0, 0.05) is 24.0 Å². The minimum atomic E-state index is -0.815. The predicted molar refractivity (Wildman–Crippen MR) is 119 cm³/mol. The van der Waals surface area contributed by atoms with Crippen molar-refractivity contribution in [3.05, 3.63) is 96.4 Å². The highest BCUT2D eigenvalue weighted by Gasteiger charge is 2.17. The summed E-state index contributed by atoms with van der Waals surface area (Å²) >= 11 is 0. The molecular weight excluding hydrogens is 390 g/mol. The maximum Gasteiger partial charge on any atom is 0.303 e. The number of hydrogen-bond donors (Lipinski definition) is 1. The summed E-state index contributed by atoms with van der Waals surface area (Å²) in [6.07, 6.45) is 1.10. The SMILES string of the molecule is O=C(O)CCCOc1cccc(Cc2nc(-c3ccccc3)c(-c3ccccc3)o2)c1. The Labute approximate surface area is 181 Å². The van der Waals surface area contributed by atoms with E-state index in [1.807, 2.05) is 84.9 Å². The summed E-state index contributed by atoms with van der Waals surface area (Å²) in [6, 6.07) is 27.7. The van der Waals surface area contributed by atoms with Crippen molar-refractivity contribution >= 4 is 5.97 Å². The molecular formula is C26H23NO4. The molecule has 0 fully saturated rings. The molecule has 156 valence electrons. The van der Waals surface area contributed by atoms with Crippen LogP contribution in [0.5, 0.6) is 5.75 Å². The molecule has 1 N–H and O–H groups in total. The maximum absolute atomic E-state index is 10.6. The van der Waals surface area contributed by atoms with E-state index in [0.29, 0.717) is 31.1 Å². The van der Waals surface area contributed by atoms with E-state index in [1.54, 1.807) is 0 Å². The van der Waals surface area contributed by atoms with Gasteiger partial charge in [-0.2, -0.15) is 0 Å². The van der Waals surface area contributed by atoms with Gasteiger partial charge in [0.2, 0.25) is 0 Å². The van der Waals surface area contributed by atoms with Crippen LogP contribution >= 0.6 is 0 Å². The van der Waals surface area contributed by atoms with Gasteiger partial charge in [-0.3, -0.25) is 4.79 Å². The second kappa shape index (κ2) is 9.76. The Morgan fingerprint density at radius 1 is 0.903 bits per heavy atom. The van der Waals surface area contributed by atoms with Crippen molar-refractivity contribution in [3.8, 4) is 28.3 Å². The van der Waals surface area contributed by atoms with Gasteiger partial charge in [0.15, 0.2) is 11.7 Å². The van der Waals surface area contributed by atoms with Gasteiger partial charge in [0.1, 0.15) is 11.4 Å². The molecule has 0 atom stereocenters. The molecule has 0 spiro atoms. The fraction of sp³-hybridized carbons (Fsp3) is 0.154. The summed E-state index contributed by atoms with van der Waals surface area (Å²) in [5, 5.41) is 8.74. The smallest absolute Gasteiger partial charge is 0.303 e. The predicted octanol–water partition coefficient (Wildman–Crippen LogP) is 5.84. The number of benzene rings is 3. The van der Waals surface area contributed by atoms with Crippen molar-refractivity contribution in [3.63, 3.8) is 0 Å². The summed E-state index contributed by atoms with van der Waals surface area (Å²) in [5.74, 6) is 1.27. The first-order chi connectivity index (χ1) is 15.2. The first-order valence-corrected chi connectivity index (χ1v) is 10.2. The van der Waals surface area contributed by atoms with E-state index in [0.717, 1.165) is 28.1 Å². The van der Waals surface area contributed by atoms with Gasteiger partial charge in [-0.15, -0.1) is 0 Å². The zero-order chi connectivity index (χ0) is 21.5. The highest BCUT2D eigenvalue weighted by atomic mass is 16.5. The second-order valence-electron chi connectivity index (χ2n) is 7.19. The fourth-order valence-corrected chi connectivity index (χ4v) is 3.35. The summed E-state index contributed by atoms with van der Waals surface area (Å²) in [7, 11) is 0. The topological polar surface area (TPSA) is 72.6 Å². The molecule has 1 aromatic heterocycles. The molecule has 0 unspecified atom stereocenters. The number of aliphatic carboxylic acids is 1. The number of ether oxygens (including phenoxy) is 1. The molecule has 5 nitrogen and oxygen atoms in total. The molecule has 0 bridgehead atoms. The van der Waals surface area contributed by atoms with Crippen molar-refractivity contribution in [2.24, 2.45) is 0 Å². The zero-order valence-corrected chi connectivity index (χ0v) is 17.0. The van der Waals surface area contributed by atoms with E-state index in [2.05, 4.69) is 0 Å². The van der Waals surface area contributed by atoms with Gasteiger partial charge >= 0.3 is 5.97 Å². The molecule has 0 saturated carbocycles. The van der Waals surface area contributed by atoms with E-state index < -0.39 is 5.97 Å². The zero-order valence-electron chi connectivity index (χ0n) is 17.0. The van der Waals surface area contributed by atoms with Crippen molar-refractivity contribution in [1.82, 2.24) is 4.98 Å². The Kier molecular flexibility index (Phi) is 6.43. The van der Waals surface area contributed by atoms with Crippen LogP contribution < -0.4 is 4.74 Å². The molecule has 3 aromatic carbocycles. The van der Waals surface area contributed by atoms with Gasteiger partial charge in [-0.05, 0) is 24.1 Å². The second-order valence-corrected chi connectivity index (χ2v) is 7.19. The summed E-state index contributed by atoms with van der Waals surface area (Å²) in [4.78, 5) is 15.4. The highest BCUT2D eigenvalue weighted by Crippen LogP contribution is 2.33. The molecule has 0 saturated heterocycles. The number of carbonyl (C=O) groups is 1. The van der Waals surface area contributed by atoms with Crippen molar-refractivity contribution < 1.29 is 19.1 Å². The van der Waals surface area contributed by atoms with E-state index >= 15 is 0 Å². The summed E-state index contributed by atoms with van der Waals surface area (Å²) in [5.41, 5.74) is 3.82. The highest BCUT2D eigenvalue weighted by molar-refractivity contribution is 5.76. The molecule has 0 amide bonds. The first-order valence-electron chi connectivity index (χ1n) is 10.2. The van der Waals surface area contributed by atoms with Gasteiger partial charge in [-0.1, -0.05) is 72.8 Å². The number of carboxylic acid groups (broad SMARTS) is 1. The van der Waals surface area contributed by atoms with E-state index in [4.69, 9.17) is 19.2 Å². The summed E-state index contributed by atoms with van der Waals surface area (Å²) < 4.78 is 11.9. The Balaban J connectivity index is 1.56. The third-order valence-electron chi connectivity index (χ3n) is 4.81. The molecule has 4 aromatic rings. The van der Waals surface area contributed by atoms with Gasteiger partial charge in [-0.25, -0.2) is 4.98 Å². The van der Waals surface area contributed by atoms with Gasteiger partial charge in [0.05, 0.1) is 6.61 Å². The quantitative estimate of drug-likeness (QED) is 0.349. The van der Waals surface area contributed by atoms with Crippen LogP contribution in [0.1, 0.15) is 24.3 Å². The van der Waals surface area contributed by atoms with Crippen LogP contribution in [0.3, 0.4) is 0 Å². The number of rotatable bonds is 9. The number of aromatic nitrogens is 1. The van der Waals surface area contributed by atoms with Gasteiger partial charge in [0.25, 0.3) is 0 Å². The minimum Gasteiger partial charge on any atom is -0.494 e. The normalized spacial score (nSPS) is 10.7. The molecule has 0 aliphatic carbocycles. The number of oxazole rings is 1. The average Bonchev–Trinajstić information content (AvgIpc) is 3.22. The van der Waals surface area contributed by atoms with Crippen molar-refractivity contribution in [1.29, 1.82) is 0 Å². The van der Waals surface area contributed by atoms with Crippen LogP contribution in [0, 0.1) is 0 Å². The minimum absolute atomic E-state index is 0.0977. The first kappa shape index (κ1) is 20.4. The van der Waals surface area contributed by atoms with Crippen LogP contribution in [0.25, 0.3) is 22.6 Å². The third kappa shape index (κ3) is 5.39. The molecule has 4 rings (SSSR count). The van der Waals surface area contributed by atoms with Crippen LogP contribution in [0.4, 0.5) is 0 Å². The Hall–Kier alpha value is -3.86. The van der Waals surface area contributed by atoms with E-state index in [9.17, 15) is 4.79 Å². The maximum atomic E-state index is 10.6. The Bertz CT molecular complexity index is 1080. The lowest BCUT2D eigenvalue weighted by Crippen LogP contribution is -2.02. The van der Waals surface area contributed by atoms with Crippen molar-refractivity contribution in [2.45, 2.75) is 19.3 Å². The third-order valence-corrected chi connectivity index (χ3v) is 4.81. The Morgan fingerprint density at radius 3 is 2.32 bits per heavy atom. The lowest BCUT2D eigenvalue weighted by Gasteiger charge is -2.06. The van der Waals surface area contributed by atoms with E-state index in [1.165, 1.54) is 0 Å². The number of carboxylic acids is 1. The lowest BCUT2D eigenvalue weighted by molar-refractivity contribution is -0.137. The Morgan fingerprint density at radius 2 is 1.61 bits per heavy atom. The number of nitrogens with zero attached hydrogens (tertiary/aromatic N) is 1. The standard InChI is InChI=1S/C26H23NO4/c28-24(29)15-8-16-30-22-14-7-9-19(17-22)18-23-27-25(20-10-3-1-4-11-20)26(31-23)21-12-5-2-6-13-21/h1-7,9-14,17H,8,15-16,18H2,(H,28,29). The molecule has 5 heteroatoms. The molecule has 0 aliphatic rings. The molecule has 0 radical (unpaired) electrons. The molecule has 0 aliphatic heterocycles. The van der Waals surface area contributed by atoms with Crippen LogP contribution in [-0.4, -0.2) is 22.7 Å². The van der Waals surface area contributed by atoms with Crippen LogP contribution in [0.15, 0.2) is 89.3 Å². The largest absolute Gasteiger partial charge is 0.494 e. The van der Waals surface area contributed by atoms with E-state index in [-0.39, 0.29) is 6.42 Å². The van der Waals surface area contributed by atoms with Gasteiger partial charge < -0.3 is 14.3 Å². The fourth-order valence-electron chi connectivity index (χ4n) is 3.35.